The van der Waals surface area contributed by atoms with E-state index in [0.717, 1.165) is 6.42 Å². The maximum atomic E-state index is 3.58. The number of alkyl halides is 1. The fraction of sp³-hybridized carbons (Fsp3) is 0.111. The van der Waals surface area contributed by atoms with Crippen LogP contribution in [-0.4, -0.2) is 0 Å². The molecule has 0 aliphatic heterocycles. The van der Waals surface area contributed by atoms with E-state index in [1.165, 1.54) is 21.5 Å². The second-order valence-corrected chi connectivity index (χ2v) is 9.95. The van der Waals surface area contributed by atoms with E-state index in [1.54, 1.807) is 0 Å². The molecule has 146 valence electrons. The first-order chi connectivity index (χ1) is 14.3. The molecule has 29 heavy (non-hydrogen) atoms. The maximum absolute atomic E-state index is 3.58. The van der Waals surface area contributed by atoms with Gasteiger partial charge in [0.05, 0.1) is 0 Å². The second-order valence-electron chi connectivity index (χ2n) is 6.63. The van der Waals surface area contributed by atoms with Gasteiger partial charge in [0, 0.05) is 4.83 Å². The van der Waals surface area contributed by atoms with Crippen LogP contribution in [0, 0.1) is 0 Å². The Morgan fingerprint density at radius 2 is 0.862 bits per heavy atom. The summed E-state index contributed by atoms with van der Waals surface area (Å²) in [5, 5.41) is 4.19. The van der Waals surface area contributed by atoms with Crippen LogP contribution in [0.4, 0.5) is 0 Å². The largest absolute Gasteiger partial charge is 0.0839 e. The highest BCUT2D eigenvalue weighted by molar-refractivity contribution is 9.09. The molecule has 0 fully saturated rings. The van der Waals surface area contributed by atoms with Crippen LogP contribution in [0.1, 0.15) is 23.7 Å². The first-order valence-corrected chi connectivity index (χ1v) is 12.2. The molecule has 0 nitrogen and oxygen atoms in total. The van der Waals surface area contributed by atoms with Crippen LogP contribution in [-0.2, 0) is 0 Å². The molecule has 0 aromatic heterocycles. The van der Waals surface area contributed by atoms with Crippen molar-refractivity contribution in [1.82, 2.24) is 0 Å². The summed E-state index contributed by atoms with van der Waals surface area (Å²) in [6, 6.07) is 42.8. The van der Waals surface area contributed by atoms with Gasteiger partial charge in [0.1, 0.15) is 0 Å². The van der Waals surface area contributed by atoms with Gasteiger partial charge in [0.25, 0.3) is 0 Å². The average molecular weight is 461 g/mol. The molecule has 0 radical (unpaired) electrons. The quantitative estimate of drug-likeness (QED) is 0.222. The molecule has 0 amide bonds. The predicted octanol–water partition coefficient (Wildman–Crippen LogP) is 6.98. The molecule has 1 unspecified atom stereocenters. The topological polar surface area (TPSA) is 0 Å². The number of hydrogen-bond donors (Lipinski definition) is 0. The van der Waals surface area contributed by atoms with Crippen molar-refractivity contribution in [3.8, 4) is 0 Å². The molecular formula is C27H26BrP. The van der Waals surface area contributed by atoms with Gasteiger partial charge in [-0.1, -0.05) is 144 Å². The average Bonchev–Trinajstić information content (AvgIpc) is 2.82. The highest BCUT2D eigenvalue weighted by Crippen LogP contribution is 2.32. The van der Waals surface area contributed by atoms with Crippen molar-refractivity contribution in [2.45, 2.75) is 18.2 Å². The molecule has 0 aliphatic rings. The highest BCUT2D eigenvalue weighted by atomic mass is 79.9. The molecule has 0 heterocycles. The molecule has 0 aliphatic carbocycles. The third kappa shape index (κ3) is 6.39. The Hall–Kier alpha value is -2.21. The van der Waals surface area contributed by atoms with Crippen molar-refractivity contribution in [2.24, 2.45) is 0 Å². The summed E-state index contributed by atoms with van der Waals surface area (Å²) in [6.45, 7) is 2.17. The Labute approximate surface area is 184 Å². The Kier molecular flexibility index (Phi) is 8.68. The number of benzene rings is 4. The SMILES string of the molecule is CCC(Br)c1ccccc1.c1ccc(P(c2ccccc2)c2ccccc2)cc1. The van der Waals surface area contributed by atoms with E-state index in [2.05, 4.69) is 138 Å². The first kappa shape index (κ1) is 21.5. The normalized spacial score (nSPS) is 11.4. The fourth-order valence-electron chi connectivity index (χ4n) is 3.08. The van der Waals surface area contributed by atoms with Crippen molar-refractivity contribution in [2.75, 3.05) is 0 Å². The molecule has 4 aromatic carbocycles. The summed E-state index contributed by atoms with van der Waals surface area (Å²) in [6.07, 6.45) is 1.14. The zero-order chi connectivity index (χ0) is 20.3. The number of hydrogen-bond acceptors (Lipinski definition) is 0. The van der Waals surface area contributed by atoms with Crippen LogP contribution >= 0.6 is 23.9 Å². The summed E-state index contributed by atoms with van der Waals surface area (Å²) < 4.78 is 0. The Balaban J connectivity index is 0.000000204. The van der Waals surface area contributed by atoms with Gasteiger partial charge in [-0.15, -0.1) is 0 Å². The summed E-state index contributed by atoms with van der Waals surface area (Å²) in [5.74, 6) is 0. The van der Waals surface area contributed by atoms with Crippen molar-refractivity contribution in [3.63, 3.8) is 0 Å². The van der Waals surface area contributed by atoms with Gasteiger partial charge >= 0.3 is 0 Å². The molecule has 4 aromatic rings. The molecule has 0 N–H and O–H groups in total. The van der Waals surface area contributed by atoms with E-state index in [1.807, 2.05) is 6.07 Å². The lowest BCUT2D eigenvalue weighted by Gasteiger charge is -2.18. The molecule has 0 bridgehead atoms. The van der Waals surface area contributed by atoms with Crippen LogP contribution in [0.2, 0.25) is 0 Å². The van der Waals surface area contributed by atoms with Gasteiger partial charge in [-0.25, -0.2) is 0 Å². The highest BCUT2D eigenvalue weighted by Gasteiger charge is 2.14. The summed E-state index contributed by atoms with van der Waals surface area (Å²) >= 11 is 3.58. The molecular weight excluding hydrogens is 435 g/mol. The lowest BCUT2D eigenvalue weighted by molar-refractivity contribution is 0.911. The second kappa shape index (κ2) is 11.7. The van der Waals surface area contributed by atoms with E-state index in [4.69, 9.17) is 0 Å². The Morgan fingerprint density at radius 1 is 0.552 bits per heavy atom. The predicted molar refractivity (Wildman–Crippen MR) is 134 cm³/mol. The summed E-state index contributed by atoms with van der Waals surface area (Å²) in [7, 11) is -0.446. The molecule has 4 rings (SSSR count). The van der Waals surface area contributed by atoms with Crippen molar-refractivity contribution < 1.29 is 0 Å². The fourth-order valence-corrected chi connectivity index (χ4v) is 5.69. The molecule has 1 atom stereocenters. The summed E-state index contributed by atoms with van der Waals surface area (Å²) in [4.78, 5) is 0.522. The first-order valence-electron chi connectivity index (χ1n) is 9.94. The van der Waals surface area contributed by atoms with E-state index >= 15 is 0 Å². The van der Waals surface area contributed by atoms with Crippen LogP contribution in [0.3, 0.4) is 0 Å². The minimum atomic E-state index is -0.446. The van der Waals surface area contributed by atoms with Crippen LogP contribution in [0.25, 0.3) is 0 Å². The third-order valence-corrected chi connectivity index (χ3v) is 8.18. The van der Waals surface area contributed by atoms with Gasteiger partial charge in [0.2, 0.25) is 0 Å². The van der Waals surface area contributed by atoms with Crippen LogP contribution in [0.15, 0.2) is 121 Å². The number of halogens is 1. The van der Waals surface area contributed by atoms with Crippen LogP contribution < -0.4 is 15.9 Å². The maximum Gasteiger partial charge on any atom is 0.0392 e. The standard InChI is InChI=1S/C18H15P.C9H11Br/c1-4-10-16(11-5-1)19(17-12-6-2-7-13-17)18-14-8-3-9-15-18;1-2-9(10)8-6-4-3-5-7-8/h1-15H;3-7,9H,2H2,1H3. The minimum absolute atomic E-state index is 0.446. The van der Waals surface area contributed by atoms with Gasteiger partial charge in [-0.05, 0) is 35.8 Å². The molecule has 2 heteroatoms. The molecule has 0 saturated carbocycles. The Bertz CT molecular complexity index is 847. The van der Waals surface area contributed by atoms with Gasteiger partial charge in [0.15, 0.2) is 0 Å². The zero-order valence-corrected chi connectivity index (χ0v) is 19.1. The van der Waals surface area contributed by atoms with Gasteiger partial charge < -0.3 is 0 Å². The molecule has 0 saturated heterocycles. The van der Waals surface area contributed by atoms with Gasteiger partial charge in [-0.3, -0.25) is 0 Å². The van der Waals surface area contributed by atoms with Crippen molar-refractivity contribution in [1.29, 1.82) is 0 Å². The monoisotopic (exact) mass is 460 g/mol. The van der Waals surface area contributed by atoms with Crippen molar-refractivity contribution >= 4 is 39.8 Å². The molecule has 0 spiro atoms. The summed E-state index contributed by atoms with van der Waals surface area (Å²) in [5.41, 5.74) is 1.37. The number of rotatable bonds is 5. The zero-order valence-electron chi connectivity index (χ0n) is 16.7. The van der Waals surface area contributed by atoms with E-state index in [9.17, 15) is 0 Å². The van der Waals surface area contributed by atoms with Crippen LogP contribution in [0.5, 0.6) is 0 Å². The van der Waals surface area contributed by atoms with E-state index < -0.39 is 7.92 Å². The van der Waals surface area contributed by atoms with E-state index in [0.29, 0.717) is 4.83 Å². The lowest BCUT2D eigenvalue weighted by Crippen LogP contribution is -2.20. The smallest absolute Gasteiger partial charge is 0.0392 e. The lowest BCUT2D eigenvalue weighted by atomic mass is 10.1. The van der Waals surface area contributed by atoms with Gasteiger partial charge in [-0.2, -0.15) is 0 Å². The third-order valence-electron chi connectivity index (χ3n) is 4.56. The minimum Gasteiger partial charge on any atom is -0.0839 e. The Morgan fingerprint density at radius 3 is 1.17 bits per heavy atom. The van der Waals surface area contributed by atoms with Crippen molar-refractivity contribution in [3.05, 3.63) is 127 Å². The van der Waals surface area contributed by atoms with E-state index in [-0.39, 0.29) is 0 Å².